The number of nitrogens with one attached hydrogen (secondary N) is 1. The standard InChI is InChI=1S/C31H32N6O4/c1-39-23-9-10-24-25(17-23)34-30-29(24)32-20-37(31(30)38)33-18-21-8-11-27(40-2)22(16-21)19-35-12-14-36(15-13-35)26-6-4-5-7-28(26)41-3/h4-11,16-18,20,34H,12-15,19H2,1-3H3/b33-18+. The lowest BCUT2D eigenvalue weighted by molar-refractivity contribution is 0.245. The molecule has 0 amide bonds. The van der Waals surface area contributed by atoms with E-state index in [0.717, 1.165) is 71.9 Å². The van der Waals surface area contributed by atoms with Gasteiger partial charge >= 0.3 is 0 Å². The Kier molecular flexibility index (Phi) is 7.30. The summed E-state index contributed by atoms with van der Waals surface area (Å²) in [6.45, 7) is 4.39. The van der Waals surface area contributed by atoms with Crippen molar-refractivity contribution in [2.75, 3.05) is 52.4 Å². The van der Waals surface area contributed by atoms with Gasteiger partial charge in [0.25, 0.3) is 5.56 Å². The first-order chi connectivity index (χ1) is 20.1. The van der Waals surface area contributed by atoms with Crippen LogP contribution in [-0.2, 0) is 6.54 Å². The van der Waals surface area contributed by atoms with Crippen LogP contribution >= 0.6 is 0 Å². The molecule has 3 aromatic carbocycles. The summed E-state index contributed by atoms with van der Waals surface area (Å²) in [5, 5.41) is 5.29. The van der Waals surface area contributed by atoms with Crippen LogP contribution in [0.5, 0.6) is 17.2 Å². The topological polar surface area (TPSA) is 97.2 Å². The first-order valence-corrected chi connectivity index (χ1v) is 13.5. The molecule has 10 heteroatoms. The van der Waals surface area contributed by atoms with Crippen molar-refractivity contribution < 1.29 is 14.2 Å². The third-order valence-electron chi connectivity index (χ3n) is 7.52. The van der Waals surface area contributed by atoms with Crippen molar-refractivity contribution in [2.45, 2.75) is 6.54 Å². The van der Waals surface area contributed by atoms with Crippen LogP contribution in [0, 0.1) is 0 Å². The van der Waals surface area contributed by atoms with Gasteiger partial charge in [-0.2, -0.15) is 9.78 Å². The number of ether oxygens (including phenoxy) is 3. The molecule has 0 saturated carbocycles. The molecule has 1 N–H and O–H groups in total. The average molecular weight is 553 g/mol. The second-order valence-corrected chi connectivity index (χ2v) is 9.91. The van der Waals surface area contributed by atoms with E-state index in [9.17, 15) is 4.79 Å². The number of hydrogen-bond acceptors (Lipinski definition) is 8. The molecule has 10 nitrogen and oxygen atoms in total. The van der Waals surface area contributed by atoms with Gasteiger partial charge in [-0.05, 0) is 48.0 Å². The lowest BCUT2D eigenvalue weighted by atomic mass is 10.1. The van der Waals surface area contributed by atoms with Crippen LogP contribution < -0.4 is 24.7 Å². The highest BCUT2D eigenvalue weighted by atomic mass is 16.5. The number of aromatic amines is 1. The molecule has 210 valence electrons. The van der Waals surface area contributed by atoms with Crippen LogP contribution in [0.15, 0.2) is 76.9 Å². The molecule has 41 heavy (non-hydrogen) atoms. The monoisotopic (exact) mass is 552 g/mol. The van der Waals surface area contributed by atoms with Crippen molar-refractivity contribution in [3.05, 3.63) is 88.5 Å². The molecule has 2 aromatic heterocycles. The van der Waals surface area contributed by atoms with Gasteiger partial charge in [-0.15, -0.1) is 0 Å². The Morgan fingerprint density at radius 1 is 0.927 bits per heavy atom. The number of piperazine rings is 1. The third-order valence-corrected chi connectivity index (χ3v) is 7.52. The Balaban J connectivity index is 1.19. The van der Waals surface area contributed by atoms with E-state index in [0.29, 0.717) is 16.8 Å². The van der Waals surface area contributed by atoms with Crippen LogP contribution in [0.3, 0.4) is 0 Å². The largest absolute Gasteiger partial charge is 0.497 e. The second-order valence-electron chi connectivity index (χ2n) is 9.91. The molecule has 0 bridgehead atoms. The molecule has 0 atom stereocenters. The maximum atomic E-state index is 13.2. The van der Waals surface area contributed by atoms with E-state index in [1.54, 1.807) is 27.5 Å². The van der Waals surface area contributed by atoms with E-state index in [-0.39, 0.29) is 5.56 Å². The summed E-state index contributed by atoms with van der Waals surface area (Å²) in [5.74, 6) is 2.42. The molecule has 3 heterocycles. The number of methoxy groups -OCH3 is 3. The number of fused-ring (bicyclic) bond motifs is 3. The fourth-order valence-corrected chi connectivity index (χ4v) is 5.35. The summed E-state index contributed by atoms with van der Waals surface area (Å²) in [5.41, 5.74) is 4.57. The van der Waals surface area contributed by atoms with Crippen LogP contribution in [0.4, 0.5) is 5.69 Å². The van der Waals surface area contributed by atoms with Gasteiger partial charge in [-0.1, -0.05) is 12.1 Å². The second kappa shape index (κ2) is 11.3. The maximum absolute atomic E-state index is 13.2. The summed E-state index contributed by atoms with van der Waals surface area (Å²) < 4.78 is 17.8. The number of nitrogens with zero attached hydrogens (tertiary/aromatic N) is 5. The fraction of sp³-hybridized carbons (Fsp3) is 0.258. The van der Waals surface area contributed by atoms with Crippen LogP contribution in [0.2, 0.25) is 0 Å². The van der Waals surface area contributed by atoms with Crippen molar-refractivity contribution >= 4 is 33.8 Å². The molecule has 1 aliphatic heterocycles. The molecule has 0 radical (unpaired) electrons. The van der Waals surface area contributed by atoms with Gasteiger partial charge in [0.05, 0.1) is 38.7 Å². The third kappa shape index (κ3) is 5.21. The average Bonchev–Trinajstić information content (AvgIpc) is 3.40. The van der Waals surface area contributed by atoms with E-state index >= 15 is 0 Å². The van der Waals surface area contributed by atoms with Gasteiger partial charge in [0.15, 0.2) is 0 Å². The normalized spacial score (nSPS) is 14.3. The molecule has 5 aromatic rings. The fourth-order valence-electron chi connectivity index (χ4n) is 5.35. The molecule has 0 spiro atoms. The summed E-state index contributed by atoms with van der Waals surface area (Å²) in [6.07, 6.45) is 3.12. The Morgan fingerprint density at radius 3 is 2.51 bits per heavy atom. The lowest BCUT2D eigenvalue weighted by Gasteiger charge is -2.36. The minimum absolute atomic E-state index is 0.275. The van der Waals surface area contributed by atoms with Crippen LogP contribution in [-0.4, -0.2) is 73.3 Å². The van der Waals surface area contributed by atoms with E-state index in [1.165, 1.54) is 11.0 Å². The zero-order valence-corrected chi connectivity index (χ0v) is 23.3. The number of para-hydroxylation sites is 2. The number of anilines is 1. The molecule has 1 fully saturated rings. The quantitative estimate of drug-likeness (QED) is 0.290. The summed E-state index contributed by atoms with van der Waals surface area (Å²) >= 11 is 0. The molecule has 0 aliphatic carbocycles. The summed E-state index contributed by atoms with van der Waals surface area (Å²) in [4.78, 5) is 25.6. The van der Waals surface area contributed by atoms with Gasteiger partial charge < -0.3 is 24.1 Å². The van der Waals surface area contributed by atoms with Crippen molar-refractivity contribution in [3.63, 3.8) is 0 Å². The molecule has 6 rings (SSSR count). The van der Waals surface area contributed by atoms with Crippen LogP contribution in [0.25, 0.3) is 21.9 Å². The zero-order chi connectivity index (χ0) is 28.3. The highest BCUT2D eigenvalue weighted by Crippen LogP contribution is 2.29. The number of aromatic nitrogens is 3. The highest BCUT2D eigenvalue weighted by Gasteiger charge is 2.20. The van der Waals surface area contributed by atoms with Crippen molar-refractivity contribution in [3.8, 4) is 17.2 Å². The predicted octanol–water partition coefficient (Wildman–Crippen LogP) is 4.11. The highest BCUT2D eigenvalue weighted by molar-refractivity contribution is 6.04. The predicted molar refractivity (Wildman–Crippen MR) is 161 cm³/mol. The van der Waals surface area contributed by atoms with Crippen molar-refractivity contribution in [1.29, 1.82) is 0 Å². The smallest absolute Gasteiger partial charge is 0.298 e. The molecule has 1 saturated heterocycles. The molecule has 0 unspecified atom stereocenters. The Morgan fingerprint density at radius 2 is 1.73 bits per heavy atom. The van der Waals surface area contributed by atoms with Crippen LogP contribution in [0.1, 0.15) is 11.1 Å². The van der Waals surface area contributed by atoms with E-state index in [1.807, 2.05) is 48.5 Å². The molecule has 1 aliphatic rings. The summed E-state index contributed by atoms with van der Waals surface area (Å²) in [6, 6.07) is 19.7. The van der Waals surface area contributed by atoms with Gasteiger partial charge in [-0.25, -0.2) is 4.98 Å². The zero-order valence-electron chi connectivity index (χ0n) is 23.3. The van der Waals surface area contributed by atoms with E-state index in [2.05, 4.69) is 37.0 Å². The van der Waals surface area contributed by atoms with Crippen molar-refractivity contribution in [2.24, 2.45) is 5.10 Å². The van der Waals surface area contributed by atoms with E-state index in [4.69, 9.17) is 14.2 Å². The Labute approximate surface area is 237 Å². The minimum Gasteiger partial charge on any atom is -0.497 e. The minimum atomic E-state index is -0.275. The van der Waals surface area contributed by atoms with Gasteiger partial charge in [-0.3, -0.25) is 9.69 Å². The lowest BCUT2D eigenvalue weighted by Crippen LogP contribution is -2.46. The summed E-state index contributed by atoms with van der Waals surface area (Å²) in [7, 11) is 5.00. The van der Waals surface area contributed by atoms with Gasteiger partial charge in [0, 0.05) is 49.7 Å². The molecular formula is C31H32N6O4. The van der Waals surface area contributed by atoms with Crippen molar-refractivity contribution in [1.82, 2.24) is 19.5 Å². The van der Waals surface area contributed by atoms with Gasteiger partial charge in [0.1, 0.15) is 34.6 Å². The number of hydrogen-bond donors (Lipinski definition) is 1. The maximum Gasteiger partial charge on any atom is 0.298 e. The Bertz CT molecular complexity index is 1790. The Hall–Kier alpha value is -4.83. The van der Waals surface area contributed by atoms with Gasteiger partial charge in [0.2, 0.25) is 0 Å². The SMILES string of the molecule is COc1ccc2c(c1)[nH]c1c(=O)n(/N=C/c3ccc(OC)c(CN4CCN(c5ccccc5OC)CC4)c3)cnc12. The number of rotatable bonds is 8. The van der Waals surface area contributed by atoms with E-state index < -0.39 is 0 Å². The molecular weight excluding hydrogens is 520 g/mol. The first-order valence-electron chi connectivity index (χ1n) is 13.5. The first kappa shape index (κ1) is 26.4. The number of H-pyrrole nitrogens is 1. The number of benzene rings is 3.